The molecule has 1 fully saturated rings. The fourth-order valence-corrected chi connectivity index (χ4v) is 5.27. The Hall–Kier alpha value is -1.66. The lowest BCUT2D eigenvalue weighted by molar-refractivity contribution is 0.0951. The Morgan fingerprint density at radius 3 is 2.71 bits per heavy atom. The van der Waals surface area contributed by atoms with Gasteiger partial charge in [0, 0.05) is 35.9 Å². The molecule has 1 aromatic carbocycles. The van der Waals surface area contributed by atoms with Crippen molar-refractivity contribution in [3.8, 4) is 5.88 Å². The molecule has 1 aliphatic heterocycles. The number of rotatable bonds is 6. The van der Waals surface area contributed by atoms with E-state index in [1.165, 1.54) is 17.1 Å². The molecule has 0 radical (unpaired) electrons. The number of thioether (sulfide) groups is 2. The van der Waals surface area contributed by atoms with Gasteiger partial charge < -0.3 is 10.1 Å². The van der Waals surface area contributed by atoms with Crippen molar-refractivity contribution in [2.75, 3.05) is 18.1 Å². The van der Waals surface area contributed by atoms with Crippen molar-refractivity contribution in [3.63, 3.8) is 0 Å². The highest BCUT2D eigenvalue weighted by atomic mass is 32.2. The minimum absolute atomic E-state index is 0.0666. The van der Waals surface area contributed by atoms with Gasteiger partial charge in [0.15, 0.2) is 0 Å². The number of nitrogens with one attached hydrogen (secondary N) is 1. The van der Waals surface area contributed by atoms with Crippen LogP contribution in [0.5, 0.6) is 5.88 Å². The topological polar surface area (TPSA) is 51.2 Å². The van der Waals surface area contributed by atoms with Crippen LogP contribution in [-0.4, -0.2) is 29.0 Å². The maximum atomic E-state index is 12.3. The molecule has 0 bridgehead atoms. The molecule has 0 atom stereocenters. The second-order valence-electron chi connectivity index (χ2n) is 5.31. The molecule has 1 aromatic heterocycles. The number of benzene rings is 1. The van der Waals surface area contributed by atoms with E-state index in [2.05, 4.69) is 22.4 Å². The van der Waals surface area contributed by atoms with Gasteiger partial charge in [-0.1, -0.05) is 12.1 Å². The van der Waals surface area contributed by atoms with Gasteiger partial charge in [-0.3, -0.25) is 4.79 Å². The zero-order valence-corrected chi connectivity index (χ0v) is 15.2. The maximum absolute atomic E-state index is 12.3. The van der Waals surface area contributed by atoms with Gasteiger partial charge in [-0.2, -0.15) is 0 Å². The summed E-state index contributed by atoms with van der Waals surface area (Å²) in [5.74, 6) is 2.92. The van der Waals surface area contributed by atoms with E-state index >= 15 is 0 Å². The highest BCUT2D eigenvalue weighted by molar-refractivity contribution is 8.19. The summed E-state index contributed by atoms with van der Waals surface area (Å²) in [5.41, 5.74) is 2.94. The number of pyridine rings is 1. The lowest BCUT2D eigenvalue weighted by atomic mass is 10.1. The molecule has 1 amide bonds. The summed E-state index contributed by atoms with van der Waals surface area (Å²) in [4.78, 5) is 16.4. The van der Waals surface area contributed by atoms with Crippen LogP contribution in [0.1, 0.15) is 33.0 Å². The Bertz CT molecular complexity index is 686. The van der Waals surface area contributed by atoms with E-state index in [1.807, 2.05) is 54.7 Å². The van der Waals surface area contributed by atoms with E-state index in [4.69, 9.17) is 4.74 Å². The van der Waals surface area contributed by atoms with E-state index in [0.29, 0.717) is 29.2 Å². The van der Waals surface area contributed by atoms with Gasteiger partial charge in [-0.15, -0.1) is 23.5 Å². The Labute approximate surface area is 150 Å². The lowest BCUT2D eigenvalue weighted by Gasteiger charge is -2.10. The molecule has 4 nitrogen and oxygen atoms in total. The van der Waals surface area contributed by atoms with Crippen LogP contribution in [0.25, 0.3) is 0 Å². The van der Waals surface area contributed by atoms with Gasteiger partial charge in [0.25, 0.3) is 5.91 Å². The number of hydrogen-bond acceptors (Lipinski definition) is 5. The van der Waals surface area contributed by atoms with Crippen LogP contribution in [0.2, 0.25) is 0 Å². The minimum atomic E-state index is -0.0666. The molecular weight excluding hydrogens is 340 g/mol. The molecule has 2 heterocycles. The molecule has 24 heavy (non-hydrogen) atoms. The number of amides is 1. The maximum Gasteiger partial charge on any atom is 0.251 e. The number of hydrogen-bond donors (Lipinski definition) is 1. The van der Waals surface area contributed by atoms with E-state index in [1.54, 1.807) is 6.20 Å². The second-order valence-corrected chi connectivity index (χ2v) is 8.04. The third kappa shape index (κ3) is 4.45. The SMILES string of the molecule is CCOc1cc(CNC(=O)c2ccc(C3SCCS3)cc2)ccn1. The Morgan fingerprint density at radius 2 is 2.00 bits per heavy atom. The van der Waals surface area contributed by atoms with Crippen LogP contribution in [-0.2, 0) is 6.54 Å². The van der Waals surface area contributed by atoms with E-state index in [9.17, 15) is 4.79 Å². The van der Waals surface area contributed by atoms with Crippen LogP contribution in [0.15, 0.2) is 42.6 Å². The number of aromatic nitrogens is 1. The average Bonchev–Trinajstić information content (AvgIpc) is 3.15. The lowest BCUT2D eigenvalue weighted by Crippen LogP contribution is -2.22. The molecule has 0 unspecified atom stereocenters. The largest absolute Gasteiger partial charge is 0.478 e. The second kappa shape index (κ2) is 8.44. The summed E-state index contributed by atoms with van der Waals surface area (Å²) in [6.07, 6.45) is 1.69. The zero-order valence-electron chi connectivity index (χ0n) is 13.5. The van der Waals surface area contributed by atoms with Crippen molar-refractivity contribution in [1.82, 2.24) is 10.3 Å². The van der Waals surface area contributed by atoms with Gasteiger partial charge in [0.1, 0.15) is 0 Å². The number of nitrogens with zero attached hydrogens (tertiary/aromatic N) is 1. The summed E-state index contributed by atoms with van der Waals surface area (Å²) in [7, 11) is 0. The van der Waals surface area contributed by atoms with E-state index < -0.39 is 0 Å². The Kier molecular flexibility index (Phi) is 6.04. The van der Waals surface area contributed by atoms with Crippen LogP contribution >= 0.6 is 23.5 Å². The fraction of sp³-hybridized carbons (Fsp3) is 0.333. The molecule has 1 saturated heterocycles. The summed E-state index contributed by atoms with van der Waals surface area (Å²) >= 11 is 3.93. The van der Waals surface area contributed by atoms with Crippen LogP contribution in [0.3, 0.4) is 0 Å². The third-order valence-corrected chi connectivity index (χ3v) is 6.72. The molecule has 6 heteroatoms. The van der Waals surface area contributed by atoms with Gasteiger partial charge in [-0.05, 0) is 36.2 Å². The first-order valence-corrected chi connectivity index (χ1v) is 10.0. The van der Waals surface area contributed by atoms with Gasteiger partial charge in [0.2, 0.25) is 5.88 Å². The fourth-order valence-electron chi connectivity index (χ4n) is 2.41. The Balaban J connectivity index is 1.57. The molecule has 1 aliphatic rings. The van der Waals surface area contributed by atoms with Gasteiger partial charge in [0.05, 0.1) is 11.2 Å². The van der Waals surface area contributed by atoms with Crippen molar-refractivity contribution < 1.29 is 9.53 Å². The molecule has 3 rings (SSSR count). The molecular formula is C18H20N2O2S2. The molecule has 1 N–H and O–H groups in total. The van der Waals surface area contributed by atoms with Crippen LogP contribution in [0.4, 0.5) is 0 Å². The summed E-state index contributed by atoms with van der Waals surface area (Å²) in [5, 5.41) is 2.94. The van der Waals surface area contributed by atoms with E-state index in [0.717, 1.165) is 5.56 Å². The quantitative estimate of drug-likeness (QED) is 0.847. The third-order valence-electron chi connectivity index (χ3n) is 3.61. The first-order valence-electron chi connectivity index (χ1n) is 7.95. The standard InChI is InChI=1S/C18H20N2O2S2/c1-2-22-16-11-13(7-8-19-16)12-20-17(21)14-3-5-15(6-4-14)18-23-9-10-24-18/h3-8,11,18H,2,9-10,12H2,1H3,(H,20,21). The average molecular weight is 361 g/mol. The number of carbonyl (C=O) groups excluding carboxylic acids is 1. The molecule has 2 aromatic rings. The predicted molar refractivity (Wildman–Crippen MR) is 101 cm³/mol. The molecule has 0 aliphatic carbocycles. The first kappa shape index (κ1) is 17.2. The van der Waals surface area contributed by atoms with Crippen LogP contribution < -0.4 is 10.1 Å². The highest BCUT2D eigenvalue weighted by Crippen LogP contribution is 2.45. The van der Waals surface area contributed by atoms with Crippen molar-refractivity contribution in [3.05, 3.63) is 59.3 Å². The normalized spacial score (nSPS) is 14.5. The van der Waals surface area contributed by atoms with Gasteiger partial charge in [-0.25, -0.2) is 4.98 Å². The van der Waals surface area contributed by atoms with Crippen molar-refractivity contribution in [2.45, 2.75) is 18.1 Å². The predicted octanol–water partition coefficient (Wildman–Crippen LogP) is 3.89. The number of carbonyl (C=O) groups is 1. The summed E-state index contributed by atoms with van der Waals surface area (Å²) in [6, 6.07) is 11.7. The zero-order chi connectivity index (χ0) is 16.8. The highest BCUT2D eigenvalue weighted by Gasteiger charge is 2.18. The van der Waals surface area contributed by atoms with Crippen molar-refractivity contribution in [1.29, 1.82) is 0 Å². The Morgan fingerprint density at radius 1 is 1.25 bits per heavy atom. The first-order chi connectivity index (χ1) is 11.8. The minimum Gasteiger partial charge on any atom is -0.478 e. The van der Waals surface area contributed by atoms with Crippen molar-refractivity contribution >= 4 is 29.4 Å². The molecule has 0 spiro atoms. The number of ether oxygens (including phenoxy) is 1. The summed E-state index contributed by atoms with van der Waals surface area (Å²) < 4.78 is 5.88. The summed E-state index contributed by atoms with van der Waals surface area (Å²) in [6.45, 7) is 2.95. The molecule has 0 saturated carbocycles. The van der Waals surface area contributed by atoms with Gasteiger partial charge >= 0.3 is 0 Å². The monoisotopic (exact) mass is 360 g/mol. The van der Waals surface area contributed by atoms with E-state index in [-0.39, 0.29) is 5.91 Å². The molecule has 126 valence electrons. The van der Waals surface area contributed by atoms with Crippen molar-refractivity contribution in [2.24, 2.45) is 0 Å². The van der Waals surface area contributed by atoms with Crippen LogP contribution in [0, 0.1) is 0 Å². The smallest absolute Gasteiger partial charge is 0.251 e.